The summed E-state index contributed by atoms with van der Waals surface area (Å²) in [4.78, 5) is 24.7. The number of rotatable bonds is 7. The molecule has 2 N–H and O–H groups in total. The molecule has 1 amide bonds. The number of nitrogens with one attached hydrogen (secondary N) is 1. The van der Waals surface area contributed by atoms with Crippen LogP contribution in [-0.4, -0.2) is 36.9 Å². The highest BCUT2D eigenvalue weighted by Crippen LogP contribution is 2.44. The minimum Gasteiger partial charge on any atom is -0.496 e. The lowest BCUT2D eigenvalue weighted by atomic mass is 9.88. The van der Waals surface area contributed by atoms with Gasteiger partial charge in [-0.2, -0.15) is 0 Å². The molecule has 6 heteroatoms. The van der Waals surface area contributed by atoms with E-state index in [0.29, 0.717) is 5.75 Å². The molecule has 0 fully saturated rings. The second-order valence-electron chi connectivity index (χ2n) is 9.20. The highest BCUT2D eigenvalue weighted by molar-refractivity contribution is 5.81. The van der Waals surface area contributed by atoms with Crippen molar-refractivity contribution in [3.8, 4) is 16.9 Å². The molecule has 0 saturated heterocycles. The predicted molar refractivity (Wildman–Crippen MR) is 133 cm³/mol. The topological polar surface area (TPSA) is 84.9 Å². The fourth-order valence-electron chi connectivity index (χ4n) is 5.37. The van der Waals surface area contributed by atoms with Gasteiger partial charge in [-0.1, -0.05) is 54.6 Å². The van der Waals surface area contributed by atoms with Crippen molar-refractivity contribution in [2.75, 3.05) is 13.7 Å². The summed E-state index contributed by atoms with van der Waals surface area (Å²) in [6, 6.07) is 19.1. The van der Waals surface area contributed by atoms with Crippen LogP contribution in [0.15, 0.2) is 60.7 Å². The molecule has 1 atom stereocenters. The van der Waals surface area contributed by atoms with Gasteiger partial charge < -0.3 is 19.9 Å². The lowest BCUT2D eigenvalue weighted by molar-refractivity contribution is -0.139. The number of carboxylic acids is 1. The highest BCUT2D eigenvalue weighted by atomic mass is 16.5. The van der Waals surface area contributed by atoms with E-state index >= 15 is 0 Å². The van der Waals surface area contributed by atoms with Crippen LogP contribution in [-0.2, 0) is 28.8 Å². The van der Waals surface area contributed by atoms with Crippen molar-refractivity contribution >= 4 is 12.1 Å². The first-order valence-corrected chi connectivity index (χ1v) is 12.1. The molecule has 0 aromatic heterocycles. The second kappa shape index (κ2) is 9.82. The number of aliphatic carboxylic acids is 1. The van der Waals surface area contributed by atoms with Crippen LogP contribution in [0.1, 0.15) is 46.6 Å². The smallest absolute Gasteiger partial charge is 0.407 e. The number of methoxy groups -OCH3 is 1. The Labute approximate surface area is 204 Å². The summed E-state index contributed by atoms with van der Waals surface area (Å²) in [7, 11) is 1.59. The zero-order valence-electron chi connectivity index (χ0n) is 19.8. The zero-order chi connectivity index (χ0) is 24.4. The summed E-state index contributed by atoms with van der Waals surface area (Å²) < 4.78 is 11.1. The Morgan fingerprint density at radius 3 is 2.17 bits per heavy atom. The Balaban J connectivity index is 1.28. The molecule has 3 aromatic carbocycles. The molecule has 2 aliphatic carbocycles. The molecular weight excluding hydrogens is 442 g/mol. The molecule has 0 bridgehead atoms. The van der Waals surface area contributed by atoms with Crippen molar-refractivity contribution in [2.24, 2.45) is 0 Å². The maximum Gasteiger partial charge on any atom is 0.407 e. The van der Waals surface area contributed by atoms with Crippen molar-refractivity contribution < 1.29 is 24.2 Å². The number of fused-ring (bicyclic) bond motifs is 4. The Bertz CT molecular complexity index is 1220. The number of ether oxygens (including phenoxy) is 2. The minimum absolute atomic E-state index is 0.0860. The van der Waals surface area contributed by atoms with E-state index in [1.165, 1.54) is 11.1 Å². The summed E-state index contributed by atoms with van der Waals surface area (Å²) in [6.07, 6.45) is 3.64. The van der Waals surface area contributed by atoms with Crippen LogP contribution in [0.25, 0.3) is 11.1 Å². The van der Waals surface area contributed by atoms with E-state index in [9.17, 15) is 14.7 Å². The molecule has 0 radical (unpaired) electrons. The van der Waals surface area contributed by atoms with Crippen molar-refractivity contribution in [1.29, 1.82) is 0 Å². The average molecular weight is 472 g/mol. The average Bonchev–Trinajstić information content (AvgIpc) is 3.20. The van der Waals surface area contributed by atoms with Crippen LogP contribution in [0.5, 0.6) is 5.75 Å². The van der Waals surface area contributed by atoms with Gasteiger partial charge in [0.1, 0.15) is 18.4 Å². The maximum atomic E-state index is 12.7. The minimum atomic E-state index is -1.12. The van der Waals surface area contributed by atoms with Crippen molar-refractivity contribution in [3.63, 3.8) is 0 Å². The molecule has 0 aliphatic heterocycles. The molecule has 0 saturated carbocycles. The molecule has 1 unspecified atom stereocenters. The van der Waals surface area contributed by atoms with Gasteiger partial charge in [0.25, 0.3) is 0 Å². The molecular formula is C29H29NO5. The Kier molecular flexibility index (Phi) is 6.45. The standard InChI is InChI=1S/C29H29NO5/c1-34-27-16-19-9-3-2-8-18(19)14-20(27)15-26(28(31)32)30-29(33)35-17-25-23-12-6-4-10-21(23)22-11-5-7-13-24(22)25/h4-7,10-14,16,25-26H,2-3,8-9,15,17H2,1H3,(H,30,33)(H,31,32). The summed E-state index contributed by atoms with van der Waals surface area (Å²) in [5.74, 6) is -0.540. The molecule has 0 spiro atoms. The van der Waals surface area contributed by atoms with Crippen molar-refractivity contribution in [2.45, 2.75) is 44.1 Å². The van der Waals surface area contributed by atoms with Crippen LogP contribution in [0, 0.1) is 0 Å². The number of alkyl carbamates (subject to hydrolysis) is 1. The van der Waals surface area contributed by atoms with E-state index in [0.717, 1.165) is 53.5 Å². The number of carbonyl (C=O) groups excluding carboxylic acids is 1. The third-order valence-corrected chi connectivity index (χ3v) is 7.10. The largest absolute Gasteiger partial charge is 0.496 e. The summed E-state index contributed by atoms with van der Waals surface area (Å²) in [6.45, 7) is 0.133. The Hall–Kier alpha value is -3.80. The summed E-state index contributed by atoms with van der Waals surface area (Å²) >= 11 is 0. The van der Waals surface area contributed by atoms with Gasteiger partial charge in [0.05, 0.1) is 7.11 Å². The number of carboxylic acid groups (broad SMARTS) is 1. The number of benzene rings is 3. The predicted octanol–water partition coefficient (Wildman–Crippen LogP) is 5.11. The van der Waals surface area contributed by atoms with Crippen LogP contribution < -0.4 is 10.1 Å². The van der Waals surface area contributed by atoms with Crippen molar-refractivity contribution in [3.05, 3.63) is 88.5 Å². The van der Waals surface area contributed by atoms with E-state index < -0.39 is 18.1 Å². The third kappa shape index (κ3) is 4.61. The van der Waals surface area contributed by atoms with E-state index in [1.807, 2.05) is 48.5 Å². The molecule has 6 nitrogen and oxygen atoms in total. The first-order chi connectivity index (χ1) is 17.0. The molecule has 180 valence electrons. The number of aryl methyl sites for hydroxylation is 2. The fourth-order valence-corrected chi connectivity index (χ4v) is 5.37. The van der Waals surface area contributed by atoms with Gasteiger partial charge in [-0.15, -0.1) is 0 Å². The first kappa shape index (κ1) is 23.0. The monoisotopic (exact) mass is 471 g/mol. The second-order valence-corrected chi connectivity index (χ2v) is 9.20. The maximum absolute atomic E-state index is 12.7. The van der Waals surface area contributed by atoms with E-state index in [4.69, 9.17) is 9.47 Å². The number of carbonyl (C=O) groups is 2. The third-order valence-electron chi connectivity index (χ3n) is 7.10. The zero-order valence-corrected chi connectivity index (χ0v) is 19.8. The van der Waals surface area contributed by atoms with Crippen LogP contribution in [0.2, 0.25) is 0 Å². The summed E-state index contributed by atoms with van der Waals surface area (Å²) in [5.41, 5.74) is 7.76. The van der Waals surface area contributed by atoms with E-state index in [2.05, 4.69) is 17.4 Å². The quantitative estimate of drug-likeness (QED) is 0.500. The SMILES string of the molecule is COc1cc2c(cc1CC(NC(=O)OCC1c3ccccc3-c3ccccc31)C(=O)O)CCCC2. The van der Waals surface area contributed by atoms with Crippen molar-refractivity contribution in [1.82, 2.24) is 5.32 Å². The van der Waals surface area contributed by atoms with Crippen LogP contribution in [0.4, 0.5) is 4.79 Å². The number of hydrogen-bond acceptors (Lipinski definition) is 4. The number of hydrogen-bond donors (Lipinski definition) is 2. The normalized spacial score (nSPS) is 14.9. The Morgan fingerprint density at radius 2 is 1.57 bits per heavy atom. The number of amides is 1. The lowest BCUT2D eigenvalue weighted by Gasteiger charge is -2.21. The van der Waals surface area contributed by atoms with E-state index in [-0.39, 0.29) is 18.9 Å². The van der Waals surface area contributed by atoms with Gasteiger partial charge >= 0.3 is 12.1 Å². The molecule has 3 aromatic rings. The molecule has 5 rings (SSSR count). The van der Waals surface area contributed by atoms with Gasteiger partial charge in [0, 0.05) is 12.3 Å². The fraction of sp³-hybridized carbons (Fsp3) is 0.310. The van der Waals surface area contributed by atoms with Crippen LogP contribution >= 0.6 is 0 Å². The Morgan fingerprint density at radius 1 is 0.971 bits per heavy atom. The van der Waals surface area contributed by atoms with Gasteiger partial charge in [0.15, 0.2) is 0 Å². The van der Waals surface area contributed by atoms with Gasteiger partial charge in [0.2, 0.25) is 0 Å². The molecule has 0 heterocycles. The van der Waals surface area contributed by atoms with E-state index in [1.54, 1.807) is 7.11 Å². The van der Waals surface area contributed by atoms with Gasteiger partial charge in [-0.05, 0) is 70.7 Å². The molecule has 35 heavy (non-hydrogen) atoms. The van der Waals surface area contributed by atoms with Gasteiger partial charge in [-0.25, -0.2) is 9.59 Å². The summed E-state index contributed by atoms with van der Waals surface area (Å²) in [5, 5.41) is 12.4. The highest BCUT2D eigenvalue weighted by Gasteiger charge is 2.30. The first-order valence-electron chi connectivity index (χ1n) is 12.1. The van der Waals surface area contributed by atoms with Crippen LogP contribution in [0.3, 0.4) is 0 Å². The molecule has 2 aliphatic rings. The van der Waals surface area contributed by atoms with Gasteiger partial charge in [-0.3, -0.25) is 0 Å². The lowest BCUT2D eigenvalue weighted by Crippen LogP contribution is -2.43.